The molecule has 2 aromatic heterocycles. The Morgan fingerprint density at radius 1 is 1.09 bits per heavy atom. The predicted octanol–water partition coefficient (Wildman–Crippen LogP) is 1.54. The van der Waals surface area contributed by atoms with Gasteiger partial charge in [0, 0.05) is 12.7 Å². The summed E-state index contributed by atoms with van der Waals surface area (Å²) in [7, 11) is -2.06. The molecule has 8 heteroatoms. The van der Waals surface area contributed by atoms with Crippen LogP contribution in [0.15, 0.2) is 53.8 Å². The van der Waals surface area contributed by atoms with Crippen molar-refractivity contribution in [2.75, 3.05) is 12.4 Å². The van der Waals surface area contributed by atoms with Crippen LogP contribution < -0.4 is 10.0 Å². The monoisotopic (exact) mass is 329 g/mol. The van der Waals surface area contributed by atoms with E-state index in [4.69, 9.17) is 0 Å². The topological polar surface area (TPSA) is 96.9 Å². The van der Waals surface area contributed by atoms with Crippen molar-refractivity contribution in [3.8, 4) is 0 Å². The number of nitrogens with one attached hydrogen (secondary N) is 2. The SMILES string of the molecule is CNS(=O)(=O)c1cccc(CNc2ncnc3ncccc23)c1. The first-order valence-electron chi connectivity index (χ1n) is 6.92. The van der Waals surface area contributed by atoms with Crippen LogP contribution >= 0.6 is 0 Å². The van der Waals surface area contributed by atoms with Crippen LogP contribution in [-0.4, -0.2) is 30.4 Å². The van der Waals surface area contributed by atoms with Gasteiger partial charge in [-0.3, -0.25) is 0 Å². The van der Waals surface area contributed by atoms with Crippen molar-refractivity contribution in [3.63, 3.8) is 0 Å². The average Bonchev–Trinajstić information content (AvgIpc) is 2.60. The molecule has 0 saturated heterocycles. The number of hydrogen-bond donors (Lipinski definition) is 2. The number of anilines is 1. The molecule has 0 saturated carbocycles. The molecule has 0 bridgehead atoms. The van der Waals surface area contributed by atoms with Gasteiger partial charge >= 0.3 is 0 Å². The normalized spacial score (nSPS) is 11.5. The Morgan fingerprint density at radius 2 is 1.96 bits per heavy atom. The van der Waals surface area contributed by atoms with E-state index < -0.39 is 10.0 Å². The Bertz CT molecular complexity index is 938. The molecule has 0 radical (unpaired) electrons. The zero-order valence-electron chi connectivity index (χ0n) is 12.4. The molecule has 0 spiro atoms. The van der Waals surface area contributed by atoms with E-state index in [2.05, 4.69) is 25.0 Å². The lowest BCUT2D eigenvalue weighted by molar-refractivity contribution is 0.588. The standard InChI is InChI=1S/C15H15N5O2S/c1-16-23(21,22)12-5-2-4-11(8-12)9-18-15-13-6-3-7-17-14(13)19-10-20-15/h2-8,10,16H,9H2,1H3,(H,17,18,19,20). The van der Waals surface area contributed by atoms with Crippen molar-refractivity contribution in [2.24, 2.45) is 0 Å². The van der Waals surface area contributed by atoms with E-state index in [1.54, 1.807) is 24.4 Å². The lowest BCUT2D eigenvalue weighted by atomic mass is 10.2. The van der Waals surface area contributed by atoms with Gasteiger partial charge in [-0.05, 0) is 36.9 Å². The second kappa shape index (κ2) is 6.27. The quantitative estimate of drug-likeness (QED) is 0.737. The smallest absolute Gasteiger partial charge is 0.240 e. The number of sulfonamides is 1. The fourth-order valence-corrected chi connectivity index (χ4v) is 2.96. The maximum absolute atomic E-state index is 11.8. The fraction of sp³-hybridized carbons (Fsp3) is 0.133. The molecule has 23 heavy (non-hydrogen) atoms. The number of aromatic nitrogens is 3. The summed E-state index contributed by atoms with van der Waals surface area (Å²) in [6, 6.07) is 10.4. The molecule has 118 valence electrons. The minimum absolute atomic E-state index is 0.230. The van der Waals surface area contributed by atoms with Gasteiger partial charge in [-0.25, -0.2) is 28.1 Å². The van der Waals surface area contributed by atoms with Gasteiger partial charge in [-0.2, -0.15) is 0 Å². The summed E-state index contributed by atoms with van der Waals surface area (Å²) < 4.78 is 26.0. The van der Waals surface area contributed by atoms with Gasteiger partial charge in [0.05, 0.1) is 10.3 Å². The molecule has 0 fully saturated rings. The van der Waals surface area contributed by atoms with Crippen LogP contribution in [0.4, 0.5) is 5.82 Å². The molecule has 0 aliphatic rings. The van der Waals surface area contributed by atoms with Crippen LogP contribution in [0, 0.1) is 0 Å². The van der Waals surface area contributed by atoms with Crippen LogP contribution in [0.3, 0.4) is 0 Å². The summed E-state index contributed by atoms with van der Waals surface area (Å²) in [5, 5.41) is 4.01. The Balaban J connectivity index is 1.85. The average molecular weight is 329 g/mol. The molecular formula is C15H15N5O2S. The van der Waals surface area contributed by atoms with Crippen LogP contribution in [0.2, 0.25) is 0 Å². The Kier molecular flexibility index (Phi) is 4.18. The molecule has 2 heterocycles. The minimum Gasteiger partial charge on any atom is -0.365 e. The highest BCUT2D eigenvalue weighted by molar-refractivity contribution is 7.89. The maximum Gasteiger partial charge on any atom is 0.240 e. The summed E-state index contributed by atoms with van der Waals surface area (Å²) in [5.74, 6) is 0.657. The number of benzene rings is 1. The first-order chi connectivity index (χ1) is 11.1. The zero-order chi connectivity index (χ0) is 16.3. The molecule has 3 rings (SSSR count). The van der Waals surface area contributed by atoms with Crippen LogP contribution in [0.1, 0.15) is 5.56 Å². The third kappa shape index (κ3) is 3.27. The van der Waals surface area contributed by atoms with Crippen molar-refractivity contribution < 1.29 is 8.42 Å². The number of rotatable bonds is 5. The highest BCUT2D eigenvalue weighted by Gasteiger charge is 2.11. The largest absolute Gasteiger partial charge is 0.365 e. The summed E-state index contributed by atoms with van der Waals surface area (Å²) >= 11 is 0. The predicted molar refractivity (Wildman–Crippen MR) is 87.3 cm³/mol. The second-order valence-corrected chi connectivity index (χ2v) is 6.69. The maximum atomic E-state index is 11.8. The highest BCUT2D eigenvalue weighted by Crippen LogP contribution is 2.18. The molecule has 0 amide bonds. The van der Waals surface area contributed by atoms with Crippen molar-refractivity contribution >= 4 is 26.9 Å². The molecule has 0 atom stereocenters. The van der Waals surface area contributed by atoms with E-state index in [1.807, 2.05) is 18.2 Å². The third-order valence-electron chi connectivity index (χ3n) is 3.35. The van der Waals surface area contributed by atoms with Gasteiger partial charge in [0.25, 0.3) is 0 Å². The van der Waals surface area contributed by atoms with Gasteiger partial charge < -0.3 is 5.32 Å². The summed E-state index contributed by atoms with van der Waals surface area (Å²) in [5.41, 5.74) is 1.44. The molecule has 7 nitrogen and oxygen atoms in total. The van der Waals surface area contributed by atoms with Crippen molar-refractivity contribution in [1.29, 1.82) is 0 Å². The molecule has 0 aliphatic heterocycles. The van der Waals surface area contributed by atoms with E-state index in [9.17, 15) is 8.42 Å². The molecular weight excluding hydrogens is 314 g/mol. The number of pyridine rings is 1. The molecule has 0 aliphatic carbocycles. The van der Waals surface area contributed by atoms with Gasteiger partial charge in [-0.15, -0.1) is 0 Å². The van der Waals surface area contributed by atoms with E-state index in [0.717, 1.165) is 10.9 Å². The molecule has 3 aromatic rings. The van der Waals surface area contributed by atoms with Crippen LogP contribution in [0.5, 0.6) is 0 Å². The second-order valence-electron chi connectivity index (χ2n) is 4.81. The van der Waals surface area contributed by atoms with Crippen molar-refractivity contribution in [2.45, 2.75) is 11.4 Å². The Hall–Kier alpha value is -2.58. The highest BCUT2D eigenvalue weighted by atomic mass is 32.2. The number of fused-ring (bicyclic) bond motifs is 1. The molecule has 0 unspecified atom stereocenters. The van der Waals surface area contributed by atoms with Crippen molar-refractivity contribution in [1.82, 2.24) is 19.7 Å². The van der Waals surface area contributed by atoms with E-state index in [-0.39, 0.29) is 4.90 Å². The molecule has 1 aromatic carbocycles. The van der Waals surface area contributed by atoms with Gasteiger partial charge in [-0.1, -0.05) is 12.1 Å². The lowest BCUT2D eigenvalue weighted by Crippen LogP contribution is -2.18. The van der Waals surface area contributed by atoms with E-state index in [0.29, 0.717) is 18.0 Å². The van der Waals surface area contributed by atoms with Gasteiger partial charge in [0.2, 0.25) is 10.0 Å². The van der Waals surface area contributed by atoms with Gasteiger partial charge in [0.1, 0.15) is 12.1 Å². The van der Waals surface area contributed by atoms with Crippen LogP contribution in [-0.2, 0) is 16.6 Å². The van der Waals surface area contributed by atoms with Gasteiger partial charge in [0.15, 0.2) is 5.65 Å². The number of nitrogens with zero attached hydrogens (tertiary/aromatic N) is 3. The summed E-state index contributed by atoms with van der Waals surface area (Å²) in [6.07, 6.45) is 3.12. The third-order valence-corrected chi connectivity index (χ3v) is 4.76. The first kappa shape index (κ1) is 15.3. The number of hydrogen-bond acceptors (Lipinski definition) is 6. The van der Waals surface area contributed by atoms with Crippen molar-refractivity contribution in [3.05, 3.63) is 54.5 Å². The summed E-state index contributed by atoms with van der Waals surface area (Å²) in [4.78, 5) is 12.7. The van der Waals surface area contributed by atoms with Crippen LogP contribution in [0.25, 0.3) is 11.0 Å². The minimum atomic E-state index is -3.45. The fourth-order valence-electron chi connectivity index (χ4n) is 2.16. The zero-order valence-corrected chi connectivity index (χ0v) is 13.2. The van der Waals surface area contributed by atoms with E-state index in [1.165, 1.54) is 13.4 Å². The molecule has 2 N–H and O–H groups in total. The Morgan fingerprint density at radius 3 is 2.78 bits per heavy atom. The summed E-state index contributed by atoms with van der Waals surface area (Å²) in [6.45, 7) is 0.439. The Labute approximate surface area is 133 Å². The lowest BCUT2D eigenvalue weighted by Gasteiger charge is -2.09. The first-order valence-corrected chi connectivity index (χ1v) is 8.40. The van der Waals surface area contributed by atoms with E-state index >= 15 is 0 Å².